The molecule has 0 aliphatic heterocycles. The Hall–Kier alpha value is -1.09. The van der Waals surface area contributed by atoms with E-state index in [1.807, 2.05) is 24.3 Å². The van der Waals surface area contributed by atoms with E-state index in [4.69, 9.17) is 0 Å². The number of amides is 1. The van der Waals surface area contributed by atoms with Crippen molar-refractivity contribution in [3.05, 3.63) is 40.9 Å². The zero-order valence-electron chi connectivity index (χ0n) is 10.8. The summed E-state index contributed by atoms with van der Waals surface area (Å²) in [6, 6.07) is 7.80. The maximum Gasteiger partial charge on any atom is 0.228 e. The molecule has 1 aromatic carbocycles. The Kier molecular flexibility index (Phi) is 3.74. The highest BCUT2D eigenvalue weighted by Crippen LogP contribution is 2.53. The van der Waals surface area contributed by atoms with Gasteiger partial charge in [0.1, 0.15) is 0 Å². The van der Waals surface area contributed by atoms with Crippen LogP contribution >= 0.6 is 15.9 Å². The summed E-state index contributed by atoms with van der Waals surface area (Å²) >= 11 is 3.43. The van der Waals surface area contributed by atoms with Gasteiger partial charge in [-0.15, -0.1) is 0 Å². The fraction of sp³-hybridized carbons (Fsp3) is 0.438. The minimum Gasteiger partial charge on any atom is -0.326 e. The first-order valence-corrected chi connectivity index (χ1v) is 7.76. The molecule has 3 heteroatoms. The first-order valence-electron chi connectivity index (χ1n) is 6.97. The summed E-state index contributed by atoms with van der Waals surface area (Å²) in [5.41, 5.74) is 0.886. The molecule has 2 atom stereocenters. The van der Waals surface area contributed by atoms with Gasteiger partial charge in [-0.1, -0.05) is 34.1 Å². The van der Waals surface area contributed by atoms with Gasteiger partial charge in [0.2, 0.25) is 5.91 Å². The van der Waals surface area contributed by atoms with Crippen LogP contribution in [0, 0.1) is 17.8 Å². The number of nitrogens with one attached hydrogen (secondary N) is 1. The first kappa shape index (κ1) is 12.9. The van der Waals surface area contributed by atoms with Gasteiger partial charge in [0.25, 0.3) is 0 Å². The van der Waals surface area contributed by atoms with Gasteiger partial charge in [-0.3, -0.25) is 4.79 Å². The second kappa shape index (κ2) is 5.49. The lowest BCUT2D eigenvalue weighted by Crippen LogP contribution is -2.15. The summed E-state index contributed by atoms with van der Waals surface area (Å²) in [5, 5.41) is 3.05. The molecule has 0 spiro atoms. The van der Waals surface area contributed by atoms with Gasteiger partial charge in [0.05, 0.1) is 0 Å². The van der Waals surface area contributed by atoms with Crippen LogP contribution in [0.1, 0.15) is 25.7 Å². The molecule has 2 aliphatic carbocycles. The van der Waals surface area contributed by atoms with E-state index in [1.54, 1.807) is 0 Å². The molecule has 1 saturated carbocycles. The summed E-state index contributed by atoms with van der Waals surface area (Å²) in [4.78, 5) is 12.3. The van der Waals surface area contributed by atoms with Gasteiger partial charge in [-0.05, 0) is 55.7 Å². The molecule has 1 aromatic rings. The minimum atomic E-state index is 0.204. The lowest BCUT2D eigenvalue weighted by atomic mass is 10.1. The number of halogens is 1. The standard InChI is InChI=1S/C16H18BrNO/c17-11-6-5-7-12(10-11)18-16(19)15-13-8-3-1-2-4-9-14(13)15/h1-2,5-7,10,13-15H,3-4,8-9H2,(H,18,19). The molecule has 0 saturated heterocycles. The normalized spacial score (nSPS) is 29.0. The number of fused-ring (bicyclic) bond motifs is 1. The summed E-state index contributed by atoms with van der Waals surface area (Å²) in [6.07, 6.45) is 9.11. The Morgan fingerprint density at radius 1 is 1.16 bits per heavy atom. The predicted octanol–water partition coefficient (Wildman–Crippen LogP) is 4.38. The Balaban J connectivity index is 1.63. The summed E-state index contributed by atoms with van der Waals surface area (Å²) in [6.45, 7) is 0. The molecular weight excluding hydrogens is 302 g/mol. The number of rotatable bonds is 2. The fourth-order valence-electron chi connectivity index (χ4n) is 3.23. The predicted molar refractivity (Wildman–Crippen MR) is 80.8 cm³/mol. The van der Waals surface area contributed by atoms with Crippen LogP contribution in [0.2, 0.25) is 0 Å². The SMILES string of the molecule is O=C(Nc1cccc(Br)c1)C1C2CCC=CCCC21. The number of hydrogen-bond donors (Lipinski definition) is 1. The molecular formula is C16H18BrNO. The Labute approximate surface area is 122 Å². The molecule has 2 aliphatic rings. The van der Waals surface area contributed by atoms with Crippen molar-refractivity contribution < 1.29 is 4.79 Å². The van der Waals surface area contributed by atoms with Gasteiger partial charge >= 0.3 is 0 Å². The van der Waals surface area contributed by atoms with Gasteiger partial charge in [0.15, 0.2) is 0 Å². The highest BCUT2D eigenvalue weighted by atomic mass is 79.9. The highest BCUT2D eigenvalue weighted by Gasteiger charge is 2.53. The van der Waals surface area contributed by atoms with E-state index in [1.165, 1.54) is 0 Å². The quantitative estimate of drug-likeness (QED) is 0.805. The number of carbonyl (C=O) groups excluding carboxylic acids is 1. The molecule has 3 rings (SSSR count). The van der Waals surface area contributed by atoms with Crippen LogP contribution in [-0.2, 0) is 4.79 Å². The Morgan fingerprint density at radius 2 is 1.84 bits per heavy atom. The van der Waals surface area contributed by atoms with Crippen molar-refractivity contribution >= 4 is 27.5 Å². The third kappa shape index (κ3) is 2.92. The molecule has 100 valence electrons. The Morgan fingerprint density at radius 3 is 2.47 bits per heavy atom. The number of benzene rings is 1. The van der Waals surface area contributed by atoms with Gasteiger partial charge in [-0.25, -0.2) is 0 Å². The van der Waals surface area contributed by atoms with Crippen LogP contribution in [0.3, 0.4) is 0 Å². The number of hydrogen-bond acceptors (Lipinski definition) is 1. The maximum absolute atomic E-state index is 12.3. The van der Waals surface area contributed by atoms with E-state index in [0.29, 0.717) is 11.8 Å². The molecule has 1 fully saturated rings. The van der Waals surface area contributed by atoms with E-state index in [-0.39, 0.29) is 11.8 Å². The van der Waals surface area contributed by atoms with Crippen LogP contribution in [0.4, 0.5) is 5.69 Å². The molecule has 2 nitrogen and oxygen atoms in total. The van der Waals surface area contributed by atoms with Crippen LogP contribution in [0.5, 0.6) is 0 Å². The molecule has 0 heterocycles. The average molecular weight is 320 g/mol. The van der Waals surface area contributed by atoms with E-state index < -0.39 is 0 Å². The number of allylic oxidation sites excluding steroid dienone is 2. The molecule has 19 heavy (non-hydrogen) atoms. The average Bonchev–Trinajstić information content (AvgIpc) is 3.00. The van der Waals surface area contributed by atoms with Gasteiger partial charge in [0, 0.05) is 16.1 Å². The van der Waals surface area contributed by atoms with Crippen molar-refractivity contribution in [3.63, 3.8) is 0 Å². The topological polar surface area (TPSA) is 29.1 Å². The van der Waals surface area contributed by atoms with E-state index in [9.17, 15) is 4.79 Å². The van der Waals surface area contributed by atoms with Crippen molar-refractivity contribution in [2.45, 2.75) is 25.7 Å². The monoisotopic (exact) mass is 319 g/mol. The van der Waals surface area contributed by atoms with Gasteiger partial charge in [-0.2, -0.15) is 0 Å². The van der Waals surface area contributed by atoms with Crippen LogP contribution in [-0.4, -0.2) is 5.91 Å². The molecule has 0 bridgehead atoms. The molecule has 1 amide bonds. The van der Waals surface area contributed by atoms with E-state index in [2.05, 4.69) is 33.4 Å². The largest absolute Gasteiger partial charge is 0.326 e. The zero-order valence-corrected chi connectivity index (χ0v) is 12.4. The van der Waals surface area contributed by atoms with Crippen LogP contribution in [0.15, 0.2) is 40.9 Å². The molecule has 2 unspecified atom stereocenters. The second-order valence-electron chi connectivity index (χ2n) is 5.48. The van der Waals surface area contributed by atoms with Crippen LogP contribution < -0.4 is 5.32 Å². The lowest BCUT2D eigenvalue weighted by molar-refractivity contribution is -0.117. The maximum atomic E-state index is 12.3. The van der Waals surface area contributed by atoms with Crippen molar-refractivity contribution in [3.8, 4) is 0 Å². The number of carbonyl (C=O) groups is 1. The third-order valence-corrected chi connectivity index (χ3v) is 4.72. The summed E-state index contributed by atoms with van der Waals surface area (Å²) < 4.78 is 0.997. The van der Waals surface area contributed by atoms with Crippen molar-refractivity contribution in [1.82, 2.24) is 0 Å². The fourth-order valence-corrected chi connectivity index (χ4v) is 3.63. The summed E-state index contributed by atoms with van der Waals surface area (Å²) in [7, 11) is 0. The number of anilines is 1. The van der Waals surface area contributed by atoms with Crippen molar-refractivity contribution in [2.24, 2.45) is 17.8 Å². The first-order chi connectivity index (χ1) is 9.25. The lowest BCUT2D eigenvalue weighted by Gasteiger charge is -2.05. The zero-order chi connectivity index (χ0) is 13.2. The Bertz CT molecular complexity index is 495. The smallest absolute Gasteiger partial charge is 0.228 e. The van der Waals surface area contributed by atoms with Gasteiger partial charge < -0.3 is 5.32 Å². The highest BCUT2D eigenvalue weighted by molar-refractivity contribution is 9.10. The molecule has 0 aromatic heterocycles. The molecule has 0 radical (unpaired) electrons. The minimum absolute atomic E-state index is 0.204. The molecule has 1 N–H and O–H groups in total. The third-order valence-electron chi connectivity index (χ3n) is 4.23. The van der Waals surface area contributed by atoms with Crippen molar-refractivity contribution in [1.29, 1.82) is 0 Å². The summed E-state index contributed by atoms with van der Waals surface area (Å²) in [5.74, 6) is 1.66. The second-order valence-corrected chi connectivity index (χ2v) is 6.39. The van der Waals surface area contributed by atoms with E-state index >= 15 is 0 Å². The van der Waals surface area contributed by atoms with Crippen LogP contribution in [0.25, 0.3) is 0 Å². The van der Waals surface area contributed by atoms with E-state index in [0.717, 1.165) is 35.8 Å². The van der Waals surface area contributed by atoms with Crippen molar-refractivity contribution in [2.75, 3.05) is 5.32 Å².